The highest BCUT2D eigenvalue weighted by molar-refractivity contribution is 6.09. The molecule has 1 aromatic heterocycles. The topological polar surface area (TPSA) is 96.8 Å². The third-order valence-electron chi connectivity index (χ3n) is 7.43. The Kier molecular flexibility index (Phi) is 6.83. The molecule has 3 heterocycles. The molecule has 3 aromatic rings. The summed E-state index contributed by atoms with van der Waals surface area (Å²) in [6.45, 7) is 7.70. The van der Waals surface area contributed by atoms with Gasteiger partial charge in [-0.3, -0.25) is 19.6 Å². The first-order chi connectivity index (χ1) is 19.2. The van der Waals surface area contributed by atoms with E-state index in [1.165, 1.54) is 4.90 Å². The van der Waals surface area contributed by atoms with Gasteiger partial charge in [-0.05, 0) is 56.5 Å². The Hall–Kier alpha value is -5.02. The van der Waals surface area contributed by atoms with E-state index in [0.29, 0.717) is 16.9 Å². The number of ether oxygens (including phenoxy) is 1. The number of carbonyl (C=O) groups excluding carboxylic acids is 3. The lowest BCUT2D eigenvalue weighted by molar-refractivity contribution is -0.126. The van der Waals surface area contributed by atoms with Gasteiger partial charge in [0.05, 0.1) is 12.2 Å². The molecule has 0 bridgehead atoms. The minimum Gasteiger partial charge on any atom is -0.481 e. The minimum atomic E-state index is -1.54. The van der Waals surface area contributed by atoms with Crippen LogP contribution in [-0.2, 0) is 23.9 Å². The molecule has 1 fully saturated rings. The zero-order valence-electron chi connectivity index (χ0n) is 23.1. The van der Waals surface area contributed by atoms with Crippen LogP contribution in [0.2, 0.25) is 0 Å². The first-order valence-electron chi connectivity index (χ1n) is 12.8. The molecule has 2 aliphatic rings. The van der Waals surface area contributed by atoms with E-state index in [2.05, 4.69) is 34.2 Å². The number of nitrogens with zero attached hydrogens (tertiary/aromatic N) is 4. The number of imide groups is 1. The van der Waals surface area contributed by atoms with Crippen molar-refractivity contribution in [1.82, 2.24) is 24.9 Å². The maximum atomic E-state index is 13.6. The van der Waals surface area contributed by atoms with E-state index in [1.54, 1.807) is 30.9 Å². The van der Waals surface area contributed by atoms with E-state index < -0.39 is 17.5 Å². The summed E-state index contributed by atoms with van der Waals surface area (Å²) in [5.74, 6) is 8.10. The van der Waals surface area contributed by atoms with Crippen LogP contribution in [0, 0.1) is 37.7 Å². The highest BCUT2D eigenvalue weighted by Gasteiger charge is 2.56. The lowest BCUT2D eigenvalue weighted by Crippen LogP contribution is -2.53. The van der Waals surface area contributed by atoms with Crippen LogP contribution in [0.15, 0.2) is 42.5 Å². The molecule has 0 saturated carbocycles. The highest BCUT2D eigenvalue weighted by atomic mass is 16.5. The summed E-state index contributed by atoms with van der Waals surface area (Å²) in [7, 11) is 1.89. The first-order valence-corrected chi connectivity index (χ1v) is 12.8. The maximum Gasteiger partial charge on any atom is 0.337 e. The van der Waals surface area contributed by atoms with Crippen molar-refractivity contribution in [1.29, 1.82) is 0 Å². The van der Waals surface area contributed by atoms with Crippen LogP contribution in [0.3, 0.4) is 0 Å². The number of hydrogen-bond acceptors (Lipinski definition) is 5. The second kappa shape index (κ2) is 10.3. The molecule has 9 nitrogen and oxygen atoms in total. The van der Waals surface area contributed by atoms with Crippen LogP contribution in [-0.4, -0.2) is 50.6 Å². The SMILES string of the molecule is CC#CCOc1ccc2c(c1)C(=O)N(C[C@]1(c3ccc(-c4c(C)nn(C)c4C)cc3)C(=O)NC(=O)N1C#CC)C2. The first kappa shape index (κ1) is 26.6. The molecule has 40 heavy (non-hydrogen) atoms. The minimum absolute atomic E-state index is 0.0748. The predicted molar refractivity (Wildman–Crippen MR) is 149 cm³/mol. The number of carbonyl (C=O) groups is 3. The molecule has 1 saturated heterocycles. The monoisotopic (exact) mass is 535 g/mol. The third kappa shape index (κ3) is 4.26. The molecule has 0 spiro atoms. The van der Waals surface area contributed by atoms with Gasteiger partial charge in [0.1, 0.15) is 12.4 Å². The standard InChI is InChI=1S/C31H29N5O4/c1-6-8-16-40-25-14-11-23-18-35(28(37)26(23)17-25)19-31(29(38)32-30(39)36(31)15-7-2)24-12-9-22(10-13-24)27-20(3)33-34(5)21(27)4/h9-14,17H,16,18-19H2,1-5H3,(H,32,38,39)/t31-/m0/s1. The van der Waals surface area contributed by atoms with E-state index >= 15 is 0 Å². The van der Waals surface area contributed by atoms with Crippen LogP contribution in [0.1, 0.15) is 46.7 Å². The number of rotatable bonds is 6. The van der Waals surface area contributed by atoms with Gasteiger partial charge in [0, 0.05) is 36.5 Å². The van der Waals surface area contributed by atoms with E-state index in [9.17, 15) is 14.4 Å². The number of benzene rings is 2. The number of fused-ring (bicyclic) bond motifs is 1. The number of nitrogens with one attached hydrogen (secondary N) is 1. The summed E-state index contributed by atoms with van der Waals surface area (Å²) in [6, 6.07) is 14.9. The number of aromatic nitrogens is 2. The van der Waals surface area contributed by atoms with Crippen LogP contribution in [0.5, 0.6) is 5.75 Å². The summed E-state index contributed by atoms with van der Waals surface area (Å²) in [5.41, 5.74) is 4.16. The molecule has 202 valence electrons. The Bertz CT molecular complexity index is 1670. The van der Waals surface area contributed by atoms with Gasteiger partial charge in [-0.25, -0.2) is 9.69 Å². The van der Waals surface area contributed by atoms with Crippen molar-refractivity contribution in [3.63, 3.8) is 0 Å². The molecule has 0 radical (unpaired) electrons. The fraction of sp³-hybridized carbons (Fsp3) is 0.290. The predicted octanol–water partition coefficient (Wildman–Crippen LogP) is 3.49. The van der Waals surface area contributed by atoms with Gasteiger partial charge in [-0.1, -0.05) is 42.2 Å². The van der Waals surface area contributed by atoms with Crippen LogP contribution < -0.4 is 10.1 Å². The van der Waals surface area contributed by atoms with Crippen LogP contribution in [0.4, 0.5) is 4.79 Å². The second-order valence-electron chi connectivity index (χ2n) is 9.76. The lowest BCUT2D eigenvalue weighted by atomic mass is 9.86. The summed E-state index contributed by atoms with van der Waals surface area (Å²) in [6.07, 6.45) is 0. The van der Waals surface area contributed by atoms with Gasteiger partial charge in [0.2, 0.25) is 0 Å². The molecule has 9 heteroatoms. The fourth-order valence-corrected chi connectivity index (χ4v) is 5.41. The normalized spacial score (nSPS) is 17.7. The summed E-state index contributed by atoms with van der Waals surface area (Å²) in [5, 5.41) is 6.92. The van der Waals surface area contributed by atoms with E-state index in [1.807, 2.05) is 55.9 Å². The van der Waals surface area contributed by atoms with Crippen molar-refractivity contribution in [2.24, 2.45) is 7.05 Å². The summed E-state index contributed by atoms with van der Waals surface area (Å²) >= 11 is 0. The van der Waals surface area contributed by atoms with Gasteiger partial charge in [-0.2, -0.15) is 5.10 Å². The number of aryl methyl sites for hydroxylation is 2. The van der Waals surface area contributed by atoms with Crippen molar-refractivity contribution in [3.8, 4) is 40.7 Å². The Labute approximate surface area is 233 Å². The van der Waals surface area contributed by atoms with Gasteiger partial charge in [0.15, 0.2) is 5.54 Å². The number of hydrogen-bond donors (Lipinski definition) is 1. The second-order valence-corrected chi connectivity index (χ2v) is 9.76. The quantitative estimate of drug-likeness (QED) is 0.385. The molecular weight excluding hydrogens is 506 g/mol. The van der Waals surface area contributed by atoms with E-state index in [-0.39, 0.29) is 25.6 Å². The molecule has 1 atom stereocenters. The smallest absolute Gasteiger partial charge is 0.337 e. The maximum absolute atomic E-state index is 13.6. The van der Waals surface area contributed by atoms with Crippen molar-refractivity contribution in [3.05, 3.63) is 70.5 Å². The average Bonchev–Trinajstić information content (AvgIpc) is 3.47. The Morgan fingerprint density at radius 2 is 1.80 bits per heavy atom. The number of amides is 4. The van der Waals surface area contributed by atoms with Gasteiger partial charge in [0.25, 0.3) is 11.8 Å². The van der Waals surface area contributed by atoms with E-state index in [4.69, 9.17) is 4.74 Å². The summed E-state index contributed by atoms with van der Waals surface area (Å²) in [4.78, 5) is 42.9. The number of urea groups is 1. The zero-order chi connectivity index (χ0) is 28.6. The van der Waals surface area contributed by atoms with Crippen molar-refractivity contribution in [2.75, 3.05) is 13.2 Å². The molecule has 0 unspecified atom stereocenters. The largest absolute Gasteiger partial charge is 0.481 e. The average molecular weight is 536 g/mol. The fourth-order valence-electron chi connectivity index (χ4n) is 5.41. The van der Waals surface area contributed by atoms with Crippen molar-refractivity contribution < 1.29 is 19.1 Å². The van der Waals surface area contributed by atoms with Gasteiger partial charge in [-0.15, -0.1) is 5.92 Å². The zero-order valence-corrected chi connectivity index (χ0v) is 23.1. The molecule has 1 N–H and O–H groups in total. The van der Waals surface area contributed by atoms with Crippen molar-refractivity contribution in [2.45, 2.75) is 39.8 Å². The van der Waals surface area contributed by atoms with Crippen molar-refractivity contribution >= 4 is 17.8 Å². The molecule has 2 aromatic carbocycles. The third-order valence-corrected chi connectivity index (χ3v) is 7.43. The highest BCUT2D eigenvalue weighted by Crippen LogP contribution is 2.38. The molecule has 0 aliphatic carbocycles. The Balaban J connectivity index is 1.53. The molecule has 2 aliphatic heterocycles. The van der Waals surface area contributed by atoms with Crippen LogP contribution >= 0.6 is 0 Å². The summed E-state index contributed by atoms with van der Waals surface area (Å²) < 4.78 is 7.46. The molecule has 4 amide bonds. The lowest BCUT2D eigenvalue weighted by Gasteiger charge is -2.35. The van der Waals surface area contributed by atoms with Gasteiger partial charge < -0.3 is 9.64 Å². The Morgan fingerprint density at radius 3 is 2.45 bits per heavy atom. The Morgan fingerprint density at radius 1 is 1.05 bits per heavy atom. The molecule has 5 rings (SSSR count). The van der Waals surface area contributed by atoms with Gasteiger partial charge >= 0.3 is 6.03 Å². The van der Waals surface area contributed by atoms with Crippen LogP contribution in [0.25, 0.3) is 11.1 Å². The van der Waals surface area contributed by atoms with E-state index in [0.717, 1.165) is 28.1 Å². The molecular formula is C31H29N5O4.